The summed E-state index contributed by atoms with van der Waals surface area (Å²) in [5, 5.41) is 37.5. The van der Waals surface area contributed by atoms with Crippen LogP contribution in [0.15, 0.2) is 75.9 Å². The second-order valence-corrected chi connectivity index (χ2v) is 22.3. The van der Waals surface area contributed by atoms with Crippen molar-refractivity contribution in [2.24, 2.45) is 34.6 Å². The topological polar surface area (TPSA) is 189 Å². The number of rotatable bonds is 11. The molecule has 2 saturated heterocycles. The van der Waals surface area contributed by atoms with Crippen LogP contribution in [-0.4, -0.2) is 106 Å². The molecule has 5 heterocycles. The van der Waals surface area contributed by atoms with Crippen LogP contribution >= 0.6 is 0 Å². The Bertz CT molecular complexity index is 2800. The largest absolute Gasteiger partial charge is 0.482 e. The van der Waals surface area contributed by atoms with Crippen LogP contribution in [-0.2, 0) is 35.0 Å². The van der Waals surface area contributed by atoms with Crippen molar-refractivity contribution in [2.75, 3.05) is 13.7 Å². The zero-order valence-corrected chi connectivity index (χ0v) is 42.6. The summed E-state index contributed by atoms with van der Waals surface area (Å²) in [7, 11) is 1.28. The highest BCUT2D eigenvalue weighted by Gasteiger charge is 2.78. The molecule has 12 atom stereocenters. The van der Waals surface area contributed by atoms with Gasteiger partial charge in [-0.25, -0.2) is 4.79 Å². The normalized spacial score (nSPS) is 34.7. The maximum Gasteiger partial charge on any atom is 0.333 e. The van der Waals surface area contributed by atoms with Crippen molar-refractivity contribution < 1.29 is 62.9 Å². The van der Waals surface area contributed by atoms with E-state index in [1.165, 1.54) is 18.8 Å². The summed E-state index contributed by atoms with van der Waals surface area (Å²) in [6, 6.07) is 7.34. The smallest absolute Gasteiger partial charge is 0.333 e. The molecule has 14 nitrogen and oxygen atoms in total. The maximum atomic E-state index is 15.7. The predicted octanol–water partition coefficient (Wildman–Crippen LogP) is 7.97. The number of hydrogen-bond acceptors (Lipinski definition) is 14. The van der Waals surface area contributed by atoms with Gasteiger partial charge in [-0.3, -0.25) is 14.6 Å². The Morgan fingerprint density at radius 1 is 0.958 bits per heavy atom. The lowest BCUT2D eigenvalue weighted by atomic mass is 9.42. The first-order valence-electron chi connectivity index (χ1n) is 25.1. The molecule has 3 saturated carbocycles. The number of carbonyl (C=O) groups is 3. The third-order valence-electron chi connectivity index (χ3n) is 16.2. The first kappa shape index (κ1) is 49.4. The Kier molecular flexibility index (Phi) is 12.2. The Hall–Kier alpha value is -5.22. The number of esters is 1. The first-order valence-corrected chi connectivity index (χ1v) is 25.1. The number of aliphatic imine (C=N–C) groups is 1. The monoisotopic (exact) mass is 973 g/mol. The number of aliphatic hydroxyl groups is 3. The van der Waals surface area contributed by atoms with Gasteiger partial charge in [0.25, 0.3) is 0 Å². The van der Waals surface area contributed by atoms with Gasteiger partial charge in [-0.15, -0.1) is 0 Å². The third-order valence-corrected chi connectivity index (χ3v) is 16.2. The number of ether oxygens (including phenoxy) is 7. The van der Waals surface area contributed by atoms with Crippen LogP contribution in [0.1, 0.15) is 128 Å². The van der Waals surface area contributed by atoms with Gasteiger partial charge in [0.2, 0.25) is 6.29 Å². The van der Waals surface area contributed by atoms with E-state index in [0.29, 0.717) is 63.4 Å². The molecule has 5 fully saturated rings. The van der Waals surface area contributed by atoms with Crippen LogP contribution in [0.2, 0.25) is 0 Å². The summed E-state index contributed by atoms with van der Waals surface area (Å²) in [6.07, 6.45) is 5.05. The van der Waals surface area contributed by atoms with Crippen LogP contribution < -0.4 is 14.2 Å². The van der Waals surface area contributed by atoms with Gasteiger partial charge in [-0.05, 0) is 99.1 Å². The number of carbonyl (C=O) groups excluding carboxylic acids is 3. The fraction of sp³-hybridized carbons (Fsp3) is 0.544. The minimum absolute atomic E-state index is 0.0474. The standard InChI is InChI=1S/C57H67NO13/c1-27(2)15-14-22-55(10)23-21-34-47(70-55)33(19-18-28(3)4)49-40(48(34)68-53-46(61)45(60)50-37(67-53)26-66-54(8,9)69-50)43-41-38(39-42(58-43)31-16-12-13-17-32(31)44(39)59)35-25-36(29(5)6)57(41,71-49)56(64,51(35)62)24-20-30(7)52(63)65-11/h12-13,15-18,20-21,23,29,35-39,45-46,50,53,60-61,64H,14,19,22,24-26H2,1-11H3/b30-20-/t35?,36?,37-,38?,39?,45-,46-,50-,53+,55?,56?,57?/m0/s1. The first-order chi connectivity index (χ1) is 33.6. The van der Waals surface area contributed by atoms with Gasteiger partial charge in [0.1, 0.15) is 47.3 Å². The number of Topliss-reactive ketones (excluding diaryl/α,β-unsaturated/α-hetero) is 2. The maximum absolute atomic E-state index is 15.7. The number of ketones is 2. The Morgan fingerprint density at radius 2 is 1.68 bits per heavy atom. The van der Waals surface area contributed by atoms with Crippen LogP contribution in [0.4, 0.5) is 0 Å². The Labute approximate surface area is 415 Å². The molecule has 2 aromatic rings. The van der Waals surface area contributed by atoms with Crippen molar-refractivity contribution in [2.45, 2.75) is 155 Å². The van der Waals surface area contributed by atoms with E-state index in [1.54, 1.807) is 26.8 Å². The van der Waals surface area contributed by atoms with Crippen molar-refractivity contribution >= 4 is 35.0 Å². The van der Waals surface area contributed by atoms with Crippen molar-refractivity contribution in [1.82, 2.24) is 0 Å². The van der Waals surface area contributed by atoms with E-state index in [-0.39, 0.29) is 48.2 Å². The minimum atomic E-state index is -2.28. The Balaban J connectivity index is 1.29. The second kappa shape index (κ2) is 17.5. The molecule has 11 rings (SSSR count). The molecule has 14 heteroatoms. The molecule has 5 aliphatic heterocycles. The quantitative estimate of drug-likeness (QED) is 0.112. The van der Waals surface area contributed by atoms with Gasteiger partial charge in [-0.2, -0.15) is 0 Å². The number of methoxy groups -OCH3 is 1. The molecule has 1 spiro atoms. The molecule has 0 radical (unpaired) electrons. The SMILES string of the molecule is COC(=O)/C(C)=C\CC1(O)C(=O)C2CC(C(C)C)C13Oc1c(CC=C(C)C)c4c(c(O[C@H]5O[C@H]6COC(C)(C)O[C@@H]6[C@@H](O)[C@@H]5O)c1C1=C3C2C2C(=O)c3ccccc3C2=N1)C=CC(C)(CCC=C(C)C)O4. The second-order valence-electron chi connectivity index (χ2n) is 22.3. The molecule has 2 bridgehead atoms. The molecule has 0 amide bonds. The molecular weight excluding hydrogens is 907 g/mol. The van der Waals surface area contributed by atoms with Gasteiger partial charge in [0.05, 0.1) is 42.2 Å². The molecular formula is C57H67NO13. The van der Waals surface area contributed by atoms with Crippen LogP contribution in [0.25, 0.3) is 11.8 Å². The lowest BCUT2D eigenvalue weighted by Crippen LogP contribution is -2.79. The van der Waals surface area contributed by atoms with E-state index in [9.17, 15) is 24.9 Å². The Morgan fingerprint density at radius 3 is 2.37 bits per heavy atom. The van der Waals surface area contributed by atoms with Gasteiger partial charge in [0, 0.05) is 52.0 Å². The fourth-order valence-corrected chi connectivity index (χ4v) is 12.7. The summed E-state index contributed by atoms with van der Waals surface area (Å²) in [5.74, 6) is -4.64. The summed E-state index contributed by atoms with van der Waals surface area (Å²) >= 11 is 0. The summed E-state index contributed by atoms with van der Waals surface area (Å²) in [6.45, 7) is 19.3. The minimum Gasteiger partial charge on any atom is -0.482 e. The van der Waals surface area contributed by atoms with Crippen molar-refractivity contribution in [1.29, 1.82) is 0 Å². The van der Waals surface area contributed by atoms with E-state index in [0.717, 1.165) is 12.0 Å². The fourth-order valence-electron chi connectivity index (χ4n) is 12.7. The lowest BCUT2D eigenvalue weighted by molar-refractivity contribution is -0.373. The molecule has 2 aromatic carbocycles. The van der Waals surface area contributed by atoms with Crippen molar-refractivity contribution in [3.8, 4) is 17.2 Å². The average molecular weight is 974 g/mol. The number of benzene rings is 2. The highest BCUT2D eigenvalue weighted by molar-refractivity contribution is 6.30. The van der Waals surface area contributed by atoms with E-state index < -0.39 is 88.7 Å². The summed E-state index contributed by atoms with van der Waals surface area (Å²) in [5.41, 5.74) is 1.44. The van der Waals surface area contributed by atoms with Crippen LogP contribution in [0.5, 0.6) is 17.2 Å². The number of aliphatic hydroxyl groups excluding tert-OH is 2. The lowest BCUT2D eigenvalue weighted by Gasteiger charge is -2.66. The summed E-state index contributed by atoms with van der Waals surface area (Å²) < 4.78 is 45.8. The number of fused-ring (bicyclic) bond motifs is 9. The van der Waals surface area contributed by atoms with Gasteiger partial charge in [-0.1, -0.05) is 67.5 Å². The van der Waals surface area contributed by atoms with Crippen molar-refractivity contribution in [3.63, 3.8) is 0 Å². The number of allylic oxidation sites excluding steroid dienone is 4. The van der Waals surface area contributed by atoms with Crippen LogP contribution in [0.3, 0.4) is 0 Å². The van der Waals surface area contributed by atoms with Crippen molar-refractivity contribution in [3.05, 3.63) is 98.7 Å². The molecule has 9 aliphatic rings. The molecule has 3 N–H and O–H groups in total. The van der Waals surface area contributed by atoms with Gasteiger partial charge < -0.3 is 48.5 Å². The zero-order chi connectivity index (χ0) is 50.9. The zero-order valence-electron chi connectivity index (χ0n) is 42.6. The van der Waals surface area contributed by atoms with Gasteiger partial charge in [0.15, 0.2) is 28.6 Å². The van der Waals surface area contributed by atoms with E-state index in [1.807, 2.05) is 65.0 Å². The van der Waals surface area contributed by atoms with E-state index in [2.05, 4.69) is 26.0 Å². The average Bonchev–Trinajstić information content (AvgIpc) is 3.61. The molecule has 378 valence electrons. The highest BCUT2D eigenvalue weighted by atomic mass is 16.8. The molecule has 0 aromatic heterocycles. The highest BCUT2D eigenvalue weighted by Crippen LogP contribution is 2.70. The van der Waals surface area contributed by atoms with E-state index >= 15 is 4.79 Å². The molecule has 7 unspecified atom stereocenters. The molecule has 71 heavy (non-hydrogen) atoms. The molecule has 4 aliphatic carbocycles. The predicted molar refractivity (Wildman–Crippen MR) is 264 cm³/mol. The van der Waals surface area contributed by atoms with E-state index in [4.69, 9.17) is 38.2 Å². The summed E-state index contributed by atoms with van der Waals surface area (Å²) in [4.78, 5) is 49.1. The third kappa shape index (κ3) is 7.56. The van der Waals surface area contributed by atoms with Crippen LogP contribution in [0, 0.1) is 29.6 Å². The van der Waals surface area contributed by atoms with Gasteiger partial charge >= 0.3 is 5.97 Å². The number of nitrogens with zero attached hydrogens (tertiary/aromatic N) is 1. The number of hydrogen-bond donors (Lipinski definition) is 3.